The summed E-state index contributed by atoms with van der Waals surface area (Å²) >= 11 is 0. The van der Waals surface area contributed by atoms with Crippen molar-refractivity contribution in [2.75, 3.05) is 6.61 Å². The van der Waals surface area contributed by atoms with E-state index in [1.807, 2.05) is 31.2 Å². The Labute approximate surface area is 114 Å². The lowest BCUT2D eigenvalue weighted by Gasteiger charge is -2.07. The summed E-state index contributed by atoms with van der Waals surface area (Å²) < 4.78 is 32.4. The average molecular weight is 274 g/mol. The van der Waals surface area contributed by atoms with Crippen LogP contribution >= 0.6 is 0 Å². The summed E-state index contributed by atoms with van der Waals surface area (Å²) in [5.74, 6) is -0.219. The lowest BCUT2D eigenvalue weighted by molar-refractivity contribution is 0.341. The minimum atomic E-state index is -0.684. The van der Waals surface area contributed by atoms with E-state index in [1.54, 1.807) is 0 Å². The molecule has 1 N–H and O–H groups in total. The fourth-order valence-corrected chi connectivity index (χ4v) is 2.11. The first-order valence-corrected chi connectivity index (χ1v) is 6.26. The van der Waals surface area contributed by atoms with Crippen LogP contribution in [0.25, 0.3) is 22.4 Å². The number of nitrogens with one attached hydrogen (secondary N) is 1. The molecule has 0 bridgehead atoms. The van der Waals surface area contributed by atoms with Gasteiger partial charge in [0.15, 0.2) is 5.82 Å². The Morgan fingerprint density at radius 1 is 1.20 bits per heavy atom. The molecule has 0 spiro atoms. The summed E-state index contributed by atoms with van der Waals surface area (Å²) in [5, 5.41) is 0. The monoisotopic (exact) mass is 274 g/mol. The molecule has 0 saturated heterocycles. The van der Waals surface area contributed by atoms with Crippen molar-refractivity contribution < 1.29 is 13.5 Å². The number of hydrogen-bond acceptors (Lipinski definition) is 2. The van der Waals surface area contributed by atoms with Crippen molar-refractivity contribution in [1.82, 2.24) is 9.97 Å². The molecule has 0 aliphatic heterocycles. The van der Waals surface area contributed by atoms with E-state index in [-0.39, 0.29) is 5.52 Å². The molecule has 0 aliphatic rings. The number of hydrogen-bond donors (Lipinski definition) is 1. The van der Waals surface area contributed by atoms with Crippen molar-refractivity contribution in [1.29, 1.82) is 0 Å². The van der Waals surface area contributed by atoms with Crippen LogP contribution in [0.3, 0.4) is 0 Å². The van der Waals surface area contributed by atoms with Crippen LogP contribution in [0.15, 0.2) is 36.4 Å². The van der Waals surface area contributed by atoms with Crippen LogP contribution in [0, 0.1) is 11.6 Å². The van der Waals surface area contributed by atoms with Crippen LogP contribution in [-0.4, -0.2) is 16.6 Å². The maximum absolute atomic E-state index is 13.7. The molecule has 5 heteroatoms. The highest BCUT2D eigenvalue weighted by atomic mass is 19.1. The summed E-state index contributed by atoms with van der Waals surface area (Å²) in [7, 11) is 0. The average Bonchev–Trinajstić information content (AvgIpc) is 2.83. The van der Waals surface area contributed by atoms with Crippen molar-refractivity contribution in [3.05, 3.63) is 48.0 Å². The third kappa shape index (κ3) is 2.11. The molecule has 2 aromatic carbocycles. The molecular formula is C15H12F2N2O. The summed E-state index contributed by atoms with van der Waals surface area (Å²) in [6, 6.07) is 9.35. The fraction of sp³-hybridized carbons (Fsp3) is 0.133. The Morgan fingerprint density at radius 3 is 2.80 bits per heavy atom. The van der Waals surface area contributed by atoms with Gasteiger partial charge in [-0.25, -0.2) is 13.8 Å². The van der Waals surface area contributed by atoms with E-state index in [9.17, 15) is 8.78 Å². The van der Waals surface area contributed by atoms with Crippen LogP contribution in [-0.2, 0) is 0 Å². The summed E-state index contributed by atoms with van der Waals surface area (Å²) in [6.07, 6.45) is 0. The Kier molecular flexibility index (Phi) is 3.10. The van der Waals surface area contributed by atoms with Gasteiger partial charge in [0.25, 0.3) is 0 Å². The summed E-state index contributed by atoms with van der Waals surface area (Å²) in [6.45, 7) is 2.39. The van der Waals surface area contributed by atoms with Gasteiger partial charge >= 0.3 is 0 Å². The van der Waals surface area contributed by atoms with Crippen LogP contribution in [0.2, 0.25) is 0 Å². The van der Waals surface area contributed by atoms with Gasteiger partial charge in [-0.1, -0.05) is 12.1 Å². The molecule has 0 fully saturated rings. The van der Waals surface area contributed by atoms with Gasteiger partial charge in [-0.15, -0.1) is 0 Å². The molecule has 3 nitrogen and oxygen atoms in total. The minimum Gasteiger partial charge on any atom is -0.493 e. The van der Waals surface area contributed by atoms with Crippen LogP contribution in [0.5, 0.6) is 5.75 Å². The standard InChI is InChI=1S/C15H12F2N2O/c1-2-20-13-6-4-3-5-10(13)15-18-12-8-9(16)7-11(17)14(12)19-15/h3-8H,2H2,1H3,(H,18,19). The van der Waals surface area contributed by atoms with Gasteiger partial charge in [-0.3, -0.25) is 0 Å². The fourth-order valence-electron chi connectivity index (χ4n) is 2.11. The highest BCUT2D eigenvalue weighted by Crippen LogP contribution is 2.30. The predicted octanol–water partition coefficient (Wildman–Crippen LogP) is 3.91. The maximum atomic E-state index is 13.7. The van der Waals surface area contributed by atoms with Crippen molar-refractivity contribution in [2.45, 2.75) is 6.92 Å². The molecular weight excluding hydrogens is 262 g/mol. The van der Waals surface area contributed by atoms with Crippen molar-refractivity contribution in [3.63, 3.8) is 0 Å². The number of benzene rings is 2. The van der Waals surface area contributed by atoms with E-state index in [0.29, 0.717) is 29.3 Å². The van der Waals surface area contributed by atoms with Crippen LogP contribution in [0.1, 0.15) is 6.92 Å². The largest absolute Gasteiger partial charge is 0.493 e. The minimum absolute atomic E-state index is 0.118. The number of imidazole rings is 1. The zero-order valence-electron chi connectivity index (χ0n) is 10.8. The molecule has 102 valence electrons. The third-order valence-electron chi connectivity index (χ3n) is 2.95. The Morgan fingerprint density at radius 2 is 2.00 bits per heavy atom. The van der Waals surface area contributed by atoms with Gasteiger partial charge in [0.2, 0.25) is 0 Å². The lowest BCUT2D eigenvalue weighted by Crippen LogP contribution is -1.94. The number of fused-ring (bicyclic) bond motifs is 1. The van der Waals surface area contributed by atoms with E-state index >= 15 is 0 Å². The van der Waals surface area contributed by atoms with Gasteiger partial charge in [-0.2, -0.15) is 0 Å². The first kappa shape index (κ1) is 12.6. The zero-order valence-corrected chi connectivity index (χ0v) is 10.8. The molecule has 0 atom stereocenters. The SMILES string of the molecule is CCOc1ccccc1-c1nc2c(F)cc(F)cc2[nH]1. The van der Waals surface area contributed by atoms with Gasteiger partial charge in [0.1, 0.15) is 22.9 Å². The molecule has 0 radical (unpaired) electrons. The van der Waals surface area contributed by atoms with E-state index in [1.165, 1.54) is 6.07 Å². The molecule has 1 heterocycles. The Balaban J connectivity index is 2.18. The van der Waals surface area contributed by atoms with Crippen LogP contribution < -0.4 is 4.74 Å². The highest BCUT2D eigenvalue weighted by molar-refractivity contribution is 5.81. The number of halogens is 2. The second kappa shape index (κ2) is 4.92. The quantitative estimate of drug-likeness (QED) is 0.786. The smallest absolute Gasteiger partial charge is 0.153 e. The summed E-state index contributed by atoms with van der Waals surface area (Å²) in [4.78, 5) is 7.11. The predicted molar refractivity (Wildman–Crippen MR) is 72.6 cm³/mol. The number of para-hydroxylation sites is 1. The number of aromatic nitrogens is 2. The summed E-state index contributed by atoms with van der Waals surface area (Å²) in [5.41, 5.74) is 1.15. The third-order valence-corrected chi connectivity index (χ3v) is 2.95. The first-order valence-electron chi connectivity index (χ1n) is 6.26. The molecule has 0 unspecified atom stereocenters. The van der Waals surface area contributed by atoms with Gasteiger partial charge in [-0.05, 0) is 25.1 Å². The number of nitrogens with zero attached hydrogens (tertiary/aromatic N) is 1. The highest BCUT2D eigenvalue weighted by Gasteiger charge is 2.13. The Hall–Kier alpha value is -2.43. The van der Waals surface area contributed by atoms with E-state index in [4.69, 9.17) is 4.74 Å². The van der Waals surface area contributed by atoms with Crippen LogP contribution in [0.4, 0.5) is 8.78 Å². The molecule has 3 aromatic rings. The second-order valence-electron chi connectivity index (χ2n) is 4.30. The molecule has 0 aliphatic carbocycles. The lowest BCUT2D eigenvalue weighted by atomic mass is 10.2. The van der Waals surface area contributed by atoms with E-state index in [0.717, 1.165) is 6.07 Å². The van der Waals surface area contributed by atoms with Crippen molar-refractivity contribution in [3.8, 4) is 17.1 Å². The molecule has 3 rings (SSSR count). The van der Waals surface area contributed by atoms with Gasteiger partial charge in [0.05, 0.1) is 17.7 Å². The number of H-pyrrole nitrogens is 1. The van der Waals surface area contributed by atoms with Crippen molar-refractivity contribution >= 4 is 11.0 Å². The topological polar surface area (TPSA) is 37.9 Å². The van der Waals surface area contributed by atoms with Crippen molar-refractivity contribution in [2.24, 2.45) is 0 Å². The number of aromatic amines is 1. The normalized spacial score (nSPS) is 10.9. The molecule has 1 aromatic heterocycles. The zero-order chi connectivity index (χ0) is 14.1. The molecule has 0 saturated carbocycles. The second-order valence-corrected chi connectivity index (χ2v) is 4.30. The first-order chi connectivity index (χ1) is 9.69. The maximum Gasteiger partial charge on any atom is 0.153 e. The Bertz CT molecular complexity index is 768. The number of rotatable bonds is 3. The molecule has 0 amide bonds. The molecule has 20 heavy (non-hydrogen) atoms. The van der Waals surface area contributed by atoms with Gasteiger partial charge in [0, 0.05) is 6.07 Å². The van der Waals surface area contributed by atoms with Gasteiger partial charge < -0.3 is 9.72 Å². The number of ether oxygens (including phenoxy) is 1. The van der Waals surface area contributed by atoms with E-state index in [2.05, 4.69) is 9.97 Å². The van der Waals surface area contributed by atoms with E-state index < -0.39 is 11.6 Å².